The summed E-state index contributed by atoms with van der Waals surface area (Å²) in [6, 6.07) is -0.00528. The summed E-state index contributed by atoms with van der Waals surface area (Å²) in [4.78, 5) is 4.39. The number of hydrazine groups is 1. The molecule has 2 aromatic heterocycles. The van der Waals surface area contributed by atoms with E-state index in [2.05, 4.69) is 19.2 Å². The monoisotopic (exact) mass is 241 g/mol. The van der Waals surface area contributed by atoms with Crippen molar-refractivity contribution in [2.24, 2.45) is 5.84 Å². The van der Waals surface area contributed by atoms with Gasteiger partial charge in [0.25, 0.3) is 0 Å². The van der Waals surface area contributed by atoms with E-state index in [1.807, 2.05) is 12.3 Å². The van der Waals surface area contributed by atoms with Gasteiger partial charge in [-0.1, -0.05) is 0 Å². The summed E-state index contributed by atoms with van der Waals surface area (Å²) in [6.45, 7) is 1.98. The van der Waals surface area contributed by atoms with Gasteiger partial charge in [-0.25, -0.2) is 4.98 Å². The van der Waals surface area contributed by atoms with Crippen LogP contribution in [0, 0.1) is 6.92 Å². The van der Waals surface area contributed by atoms with Crippen LogP contribution in [0.1, 0.15) is 22.4 Å². The summed E-state index contributed by atoms with van der Waals surface area (Å²) in [7, 11) is 0. The normalized spacial score (nSPS) is 12.9. The van der Waals surface area contributed by atoms with Crippen LogP contribution >= 0.6 is 23.1 Å². The highest BCUT2D eigenvalue weighted by molar-refractivity contribution is 7.09. The van der Waals surface area contributed by atoms with Crippen LogP contribution in [-0.2, 0) is 6.42 Å². The second-order valence-electron chi connectivity index (χ2n) is 3.14. The van der Waals surface area contributed by atoms with Gasteiger partial charge >= 0.3 is 0 Å². The third kappa shape index (κ3) is 2.57. The van der Waals surface area contributed by atoms with Gasteiger partial charge in [0.05, 0.1) is 34.7 Å². The largest absolute Gasteiger partial charge is 0.271 e. The Morgan fingerprint density at radius 1 is 1.60 bits per heavy atom. The number of aromatic nitrogens is 3. The van der Waals surface area contributed by atoms with Crippen molar-refractivity contribution in [1.82, 2.24) is 19.2 Å². The van der Waals surface area contributed by atoms with Crippen LogP contribution in [0.2, 0.25) is 0 Å². The number of nitrogens with two attached hydrogens (primary N) is 1. The van der Waals surface area contributed by atoms with Crippen LogP contribution in [-0.4, -0.2) is 13.7 Å². The van der Waals surface area contributed by atoms with E-state index in [4.69, 9.17) is 5.84 Å². The minimum Gasteiger partial charge on any atom is -0.271 e. The maximum Gasteiger partial charge on any atom is 0.0948 e. The lowest BCUT2D eigenvalue weighted by Gasteiger charge is -2.10. The summed E-state index contributed by atoms with van der Waals surface area (Å²) < 4.78 is 8.11. The van der Waals surface area contributed by atoms with Crippen molar-refractivity contribution in [1.29, 1.82) is 0 Å². The van der Waals surface area contributed by atoms with Crippen LogP contribution in [0.15, 0.2) is 11.6 Å². The first-order valence-electron chi connectivity index (χ1n) is 4.44. The van der Waals surface area contributed by atoms with E-state index in [1.165, 1.54) is 11.7 Å². The van der Waals surface area contributed by atoms with Crippen LogP contribution in [0.4, 0.5) is 0 Å². The molecule has 0 aromatic carbocycles. The number of rotatable bonds is 4. The predicted molar refractivity (Wildman–Crippen MR) is 60.5 cm³/mol. The molecule has 0 saturated heterocycles. The third-order valence-electron chi connectivity index (χ3n) is 1.98. The predicted octanol–water partition coefficient (Wildman–Crippen LogP) is 1.05. The fourth-order valence-corrected chi connectivity index (χ4v) is 2.54. The number of thiazole rings is 1. The van der Waals surface area contributed by atoms with Gasteiger partial charge in [0.2, 0.25) is 0 Å². The number of nitrogens with one attached hydrogen (secondary N) is 1. The maximum atomic E-state index is 5.48. The molecular weight excluding hydrogens is 230 g/mol. The van der Waals surface area contributed by atoms with Crippen LogP contribution < -0.4 is 11.3 Å². The molecule has 1 unspecified atom stereocenters. The molecule has 0 aliphatic carbocycles. The minimum atomic E-state index is -0.00528. The van der Waals surface area contributed by atoms with E-state index < -0.39 is 0 Å². The Morgan fingerprint density at radius 2 is 2.47 bits per heavy atom. The first-order valence-corrected chi connectivity index (χ1v) is 6.05. The molecule has 7 heteroatoms. The molecule has 0 bridgehead atoms. The maximum absolute atomic E-state index is 5.48. The Kier molecular flexibility index (Phi) is 3.37. The Hall–Kier alpha value is -0.890. The van der Waals surface area contributed by atoms with Crippen molar-refractivity contribution in [3.8, 4) is 0 Å². The molecule has 3 N–H and O–H groups in total. The molecule has 0 aliphatic rings. The van der Waals surface area contributed by atoms with Gasteiger partial charge in [0.1, 0.15) is 0 Å². The minimum absolute atomic E-state index is 0.00528. The second-order valence-corrected chi connectivity index (χ2v) is 4.64. The summed E-state index contributed by atoms with van der Waals surface area (Å²) >= 11 is 2.83. The quantitative estimate of drug-likeness (QED) is 0.618. The molecule has 0 saturated carbocycles. The number of hydrogen-bond donors (Lipinski definition) is 2. The van der Waals surface area contributed by atoms with Crippen molar-refractivity contribution >= 4 is 23.1 Å². The third-order valence-corrected chi connectivity index (χ3v) is 3.46. The number of aryl methyl sites for hydroxylation is 1. The first kappa shape index (κ1) is 10.6. The van der Waals surface area contributed by atoms with Crippen molar-refractivity contribution in [3.05, 3.63) is 28.0 Å². The number of nitrogens with zero attached hydrogens (tertiary/aromatic N) is 3. The molecule has 0 radical (unpaired) electrons. The molecule has 2 aromatic rings. The average Bonchev–Trinajstić information content (AvgIpc) is 2.85. The van der Waals surface area contributed by atoms with Crippen molar-refractivity contribution in [3.63, 3.8) is 0 Å². The van der Waals surface area contributed by atoms with Gasteiger partial charge in [0.15, 0.2) is 0 Å². The highest BCUT2D eigenvalue weighted by Gasteiger charge is 2.14. The molecule has 0 fully saturated rings. The van der Waals surface area contributed by atoms with Gasteiger partial charge in [-0.15, -0.1) is 11.3 Å². The molecule has 15 heavy (non-hydrogen) atoms. The molecule has 0 spiro atoms. The Morgan fingerprint density at radius 3 is 3.00 bits per heavy atom. The van der Waals surface area contributed by atoms with Gasteiger partial charge in [0, 0.05) is 17.5 Å². The highest BCUT2D eigenvalue weighted by Crippen LogP contribution is 2.18. The van der Waals surface area contributed by atoms with E-state index in [-0.39, 0.29) is 6.04 Å². The first-order chi connectivity index (χ1) is 7.29. The van der Waals surface area contributed by atoms with Crippen molar-refractivity contribution in [2.75, 3.05) is 0 Å². The topological polar surface area (TPSA) is 76.7 Å². The zero-order valence-corrected chi connectivity index (χ0v) is 9.81. The summed E-state index contributed by atoms with van der Waals surface area (Å²) in [5, 5.41) is 3.09. The van der Waals surface area contributed by atoms with Crippen LogP contribution in [0.5, 0.6) is 0 Å². The Balaban J connectivity index is 2.09. The van der Waals surface area contributed by atoms with E-state index in [9.17, 15) is 0 Å². The molecule has 0 amide bonds. The number of hydrogen-bond acceptors (Lipinski definition) is 7. The Labute approximate surface area is 95.7 Å². The van der Waals surface area contributed by atoms with Gasteiger partial charge < -0.3 is 0 Å². The summed E-state index contributed by atoms with van der Waals surface area (Å²) in [5.41, 5.74) is 4.65. The summed E-state index contributed by atoms with van der Waals surface area (Å²) in [5.74, 6) is 5.48. The smallest absolute Gasteiger partial charge is 0.0948 e. The molecule has 80 valence electrons. The molecule has 0 aliphatic heterocycles. The molecule has 1 atom stereocenters. The zero-order valence-electron chi connectivity index (χ0n) is 8.17. The fourth-order valence-electron chi connectivity index (χ4n) is 1.25. The van der Waals surface area contributed by atoms with E-state index in [0.29, 0.717) is 0 Å². The van der Waals surface area contributed by atoms with Gasteiger partial charge in [-0.3, -0.25) is 11.3 Å². The zero-order chi connectivity index (χ0) is 10.7. The second kappa shape index (κ2) is 4.75. The van der Waals surface area contributed by atoms with Gasteiger partial charge in [-0.05, 0) is 6.92 Å². The SMILES string of the molecule is Cc1csc(CC(NN)c2cnsn2)n1. The van der Waals surface area contributed by atoms with Crippen LogP contribution in [0.25, 0.3) is 0 Å². The molecule has 2 heterocycles. The average molecular weight is 241 g/mol. The van der Waals surface area contributed by atoms with Crippen molar-refractivity contribution in [2.45, 2.75) is 19.4 Å². The molecular formula is C8H11N5S2. The van der Waals surface area contributed by atoms with Crippen molar-refractivity contribution < 1.29 is 0 Å². The Bertz CT molecular complexity index is 410. The van der Waals surface area contributed by atoms with Gasteiger partial charge in [-0.2, -0.15) is 8.75 Å². The highest BCUT2D eigenvalue weighted by atomic mass is 32.1. The molecule has 2 rings (SSSR count). The van der Waals surface area contributed by atoms with E-state index >= 15 is 0 Å². The fraction of sp³-hybridized carbons (Fsp3) is 0.375. The van der Waals surface area contributed by atoms with Crippen LogP contribution in [0.3, 0.4) is 0 Å². The molecule has 5 nitrogen and oxygen atoms in total. The lowest BCUT2D eigenvalue weighted by atomic mass is 10.2. The lowest BCUT2D eigenvalue weighted by molar-refractivity contribution is 0.540. The standard InChI is InChI=1S/C8H11N5S2/c1-5-4-14-8(11-5)2-6(12-9)7-3-10-15-13-7/h3-4,6,12H,2,9H2,1H3. The van der Waals surface area contributed by atoms with E-state index in [1.54, 1.807) is 17.5 Å². The summed E-state index contributed by atoms with van der Waals surface area (Å²) in [6.07, 6.45) is 2.48. The lowest BCUT2D eigenvalue weighted by Crippen LogP contribution is -2.29. The van der Waals surface area contributed by atoms with E-state index in [0.717, 1.165) is 22.8 Å².